The van der Waals surface area contributed by atoms with Crippen LogP contribution in [-0.2, 0) is 16.6 Å². The van der Waals surface area contributed by atoms with Crippen LogP contribution in [0.15, 0.2) is 51.4 Å². The second kappa shape index (κ2) is 7.72. The number of methoxy groups -OCH3 is 1. The number of aromatic amines is 1. The summed E-state index contributed by atoms with van der Waals surface area (Å²) in [5.74, 6) is -0.707. The second-order valence-electron chi connectivity index (χ2n) is 6.10. The van der Waals surface area contributed by atoms with Crippen LogP contribution < -0.4 is 5.56 Å². The molecule has 0 aliphatic carbocycles. The molecule has 0 aliphatic heterocycles. The summed E-state index contributed by atoms with van der Waals surface area (Å²) in [6.07, 6.45) is 0. The van der Waals surface area contributed by atoms with E-state index in [4.69, 9.17) is 4.74 Å². The summed E-state index contributed by atoms with van der Waals surface area (Å²) in [5, 5.41) is 12.9. The number of aliphatic hydroxyl groups excluding tert-OH is 1. The molecule has 0 fully saturated rings. The molecule has 0 radical (unpaired) electrons. The Morgan fingerprint density at radius 1 is 1.28 bits per heavy atom. The van der Waals surface area contributed by atoms with Gasteiger partial charge >= 0.3 is 5.97 Å². The van der Waals surface area contributed by atoms with Crippen molar-refractivity contribution in [2.24, 2.45) is 7.05 Å². The number of esters is 1. The lowest BCUT2D eigenvalue weighted by Gasteiger charge is -2.09. The number of aliphatic hydroxyl groups is 1. The van der Waals surface area contributed by atoms with Crippen LogP contribution in [0.5, 0.6) is 0 Å². The molecule has 0 saturated carbocycles. The summed E-state index contributed by atoms with van der Waals surface area (Å²) >= 11 is 2.48. The maximum Gasteiger partial charge on any atom is 0.345 e. The number of thioether (sulfide) groups is 1. The van der Waals surface area contributed by atoms with Crippen molar-refractivity contribution in [3.8, 4) is 0 Å². The molecular formula is C19H16N4O4S2. The van der Waals surface area contributed by atoms with E-state index in [1.165, 1.54) is 23.0 Å². The first-order valence-corrected chi connectivity index (χ1v) is 10.4. The van der Waals surface area contributed by atoms with E-state index < -0.39 is 5.97 Å². The Kier molecular flexibility index (Phi) is 5.12. The molecule has 10 heteroatoms. The Bertz CT molecular complexity index is 1290. The second-order valence-corrected chi connectivity index (χ2v) is 7.96. The van der Waals surface area contributed by atoms with Crippen molar-refractivity contribution in [2.45, 2.75) is 5.16 Å². The summed E-state index contributed by atoms with van der Waals surface area (Å²) in [5.41, 5.74) is 1.79. The smallest absolute Gasteiger partial charge is 0.345 e. The fraction of sp³-hybridized carbons (Fsp3) is 0.158. The Morgan fingerprint density at radius 3 is 2.83 bits per heavy atom. The number of rotatable bonds is 5. The van der Waals surface area contributed by atoms with Gasteiger partial charge in [0.15, 0.2) is 5.16 Å². The molecular weight excluding hydrogens is 412 g/mol. The summed E-state index contributed by atoms with van der Waals surface area (Å²) in [4.78, 5) is 36.6. The highest BCUT2D eigenvalue weighted by Crippen LogP contribution is 2.26. The normalized spacial score (nSPS) is 12.3. The van der Waals surface area contributed by atoms with E-state index in [0.717, 1.165) is 17.3 Å². The lowest BCUT2D eigenvalue weighted by molar-refractivity contribution is -0.133. The molecule has 8 nitrogen and oxygen atoms in total. The van der Waals surface area contributed by atoms with Crippen LogP contribution in [0.1, 0.15) is 5.82 Å². The Hall–Kier alpha value is -3.11. The van der Waals surface area contributed by atoms with Crippen LogP contribution in [0.3, 0.4) is 0 Å². The molecule has 0 amide bonds. The van der Waals surface area contributed by atoms with E-state index in [2.05, 4.69) is 15.0 Å². The van der Waals surface area contributed by atoms with E-state index in [9.17, 15) is 14.7 Å². The third-order valence-electron chi connectivity index (χ3n) is 4.29. The van der Waals surface area contributed by atoms with E-state index in [-0.39, 0.29) is 28.5 Å². The zero-order valence-electron chi connectivity index (χ0n) is 15.5. The third-order valence-corrected chi connectivity index (χ3v) is 6.22. The van der Waals surface area contributed by atoms with Crippen LogP contribution in [0.25, 0.3) is 26.8 Å². The summed E-state index contributed by atoms with van der Waals surface area (Å²) in [6.45, 7) is 0. The quantitative estimate of drug-likeness (QED) is 0.165. The average Bonchev–Trinajstić information content (AvgIpc) is 3.36. The molecule has 3 aromatic heterocycles. The van der Waals surface area contributed by atoms with Gasteiger partial charge in [-0.1, -0.05) is 23.9 Å². The first-order chi connectivity index (χ1) is 14.0. The molecule has 1 aromatic carbocycles. The van der Waals surface area contributed by atoms with E-state index in [0.29, 0.717) is 20.9 Å². The highest BCUT2D eigenvalue weighted by atomic mass is 32.2. The van der Waals surface area contributed by atoms with Gasteiger partial charge in [-0.3, -0.25) is 9.36 Å². The molecule has 0 saturated heterocycles. The number of carbonyl (C=O) groups is 1. The number of benzene rings is 1. The number of nitrogens with one attached hydrogen (secondary N) is 1. The van der Waals surface area contributed by atoms with Gasteiger partial charge in [0, 0.05) is 7.05 Å². The maximum absolute atomic E-state index is 12.4. The minimum absolute atomic E-state index is 0.0113. The molecule has 3 heterocycles. The lowest BCUT2D eigenvalue weighted by Crippen LogP contribution is -2.19. The van der Waals surface area contributed by atoms with Crippen molar-refractivity contribution < 1.29 is 14.6 Å². The van der Waals surface area contributed by atoms with Gasteiger partial charge in [-0.05, 0) is 23.6 Å². The van der Waals surface area contributed by atoms with E-state index in [1.54, 1.807) is 19.2 Å². The molecule has 29 heavy (non-hydrogen) atoms. The number of aromatic nitrogens is 4. The Labute approximate surface area is 172 Å². The molecule has 0 spiro atoms. The summed E-state index contributed by atoms with van der Waals surface area (Å²) < 4.78 is 6.83. The summed E-state index contributed by atoms with van der Waals surface area (Å²) in [6, 6.07) is 9.06. The molecule has 0 unspecified atom stereocenters. The monoisotopic (exact) mass is 428 g/mol. The number of imidazole rings is 1. The van der Waals surface area contributed by atoms with Gasteiger partial charge in [0.25, 0.3) is 5.56 Å². The van der Waals surface area contributed by atoms with E-state index in [1.807, 2.05) is 23.6 Å². The topological polar surface area (TPSA) is 110 Å². The standard InChI is InChI=1S/C19H16N4O4S2/c1-23-17(25)15-12(7-8-28-15)22-19(23)29-9-13(24)14(18(26)27-2)16-20-10-5-3-4-6-11(10)21-16/h3-8,24H,9H2,1-2H3,(H,20,21)/b14-13+. The minimum atomic E-state index is -0.711. The van der Waals surface area contributed by atoms with Gasteiger partial charge in [-0.25, -0.2) is 14.8 Å². The number of ether oxygens (including phenoxy) is 1. The van der Waals surface area contributed by atoms with Crippen molar-refractivity contribution in [3.63, 3.8) is 0 Å². The van der Waals surface area contributed by atoms with Crippen LogP contribution in [0.2, 0.25) is 0 Å². The van der Waals surface area contributed by atoms with Crippen molar-refractivity contribution in [1.29, 1.82) is 0 Å². The predicted molar refractivity (Wildman–Crippen MR) is 113 cm³/mol. The number of para-hydroxylation sites is 2. The summed E-state index contributed by atoms with van der Waals surface area (Å²) in [7, 11) is 2.86. The number of nitrogens with zero attached hydrogens (tertiary/aromatic N) is 3. The first kappa shape index (κ1) is 19.2. The molecule has 2 N–H and O–H groups in total. The molecule has 0 bridgehead atoms. The third kappa shape index (κ3) is 3.52. The van der Waals surface area contributed by atoms with Gasteiger partial charge in [-0.15, -0.1) is 11.3 Å². The van der Waals surface area contributed by atoms with Crippen LogP contribution in [0, 0.1) is 0 Å². The highest BCUT2D eigenvalue weighted by molar-refractivity contribution is 7.99. The zero-order chi connectivity index (χ0) is 20.5. The van der Waals surface area contributed by atoms with Crippen molar-refractivity contribution in [3.05, 3.63) is 57.6 Å². The Balaban J connectivity index is 1.70. The van der Waals surface area contributed by atoms with Crippen LogP contribution in [0.4, 0.5) is 0 Å². The number of hydrogen-bond acceptors (Lipinski definition) is 8. The van der Waals surface area contributed by atoms with Gasteiger partial charge < -0.3 is 14.8 Å². The number of hydrogen-bond donors (Lipinski definition) is 2. The lowest BCUT2D eigenvalue weighted by atomic mass is 10.2. The molecule has 148 valence electrons. The van der Waals surface area contributed by atoms with Gasteiger partial charge in [0.1, 0.15) is 21.9 Å². The van der Waals surface area contributed by atoms with Crippen molar-refractivity contribution in [2.75, 3.05) is 12.9 Å². The number of thiophene rings is 1. The fourth-order valence-corrected chi connectivity index (χ4v) is 4.48. The predicted octanol–water partition coefficient (Wildman–Crippen LogP) is 3.11. The van der Waals surface area contributed by atoms with Gasteiger partial charge in [-0.2, -0.15) is 0 Å². The molecule has 4 rings (SSSR count). The molecule has 0 aliphatic rings. The maximum atomic E-state index is 12.4. The van der Waals surface area contributed by atoms with Crippen LogP contribution in [-0.4, -0.2) is 43.5 Å². The SMILES string of the molecule is COC(=O)/C(=C(/O)CSc1nc2ccsc2c(=O)n1C)c1nc2ccccc2[nH]1. The molecule has 4 aromatic rings. The fourth-order valence-electron chi connectivity index (χ4n) is 2.83. The number of carbonyl (C=O) groups excluding carboxylic acids is 1. The number of H-pyrrole nitrogens is 1. The largest absolute Gasteiger partial charge is 0.510 e. The highest BCUT2D eigenvalue weighted by Gasteiger charge is 2.22. The Morgan fingerprint density at radius 2 is 2.07 bits per heavy atom. The van der Waals surface area contributed by atoms with Crippen LogP contribution >= 0.6 is 23.1 Å². The number of fused-ring (bicyclic) bond motifs is 2. The molecule has 0 atom stereocenters. The van der Waals surface area contributed by atoms with Gasteiger partial charge in [0.05, 0.1) is 29.4 Å². The van der Waals surface area contributed by atoms with E-state index >= 15 is 0 Å². The van der Waals surface area contributed by atoms with Crippen molar-refractivity contribution >= 4 is 55.9 Å². The first-order valence-electron chi connectivity index (χ1n) is 8.52. The van der Waals surface area contributed by atoms with Crippen molar-refractivity contribution in [1.82, 2.24) is 19.5 Å². The minimum Gasteiger partial charge on any atom is -0.510 e. The average molecular weight is 428 g/mol. The van der Waals surface area contributed by atoms with Gasteiger partial charge in [0.2, 0.25) is 0 Å². The zero-order valence-corrected chi connectivity index (χ0v) is 17.1.